The highest BCUT2D eigenvalue weighted by Crippen LogP contribution is 2.39. The van der Waals surface area contributed by atoms with Gasteiger partial charge in [0.1, 0.15) is 22.3 Å². The molecule has 0 saturated heterocycles. The minimum Gasteiger partial charge on any atom is -0.456 e. The molecule has 0 fully saturated rings. The van der Waals surface area contributed by atoms with Crippen LogP contribution in [0.4, 0.5) is 0 Å². The van der Waals surface area contributed by atoms with Gasteiger partial charge in [0, 0.05) is 21.5 Å². The number of furan rings is 2. The van der Waals surface area contributed by atoms with Gasteiger partial charge in [-0.15, -0.1) is 0 Å². The molecule has 0 spiro atoms. The SMILES string of the molecule is N#Cc1ccc2oc3ccc(-c4cc(-c5cccc(-c6ccccc6C#N)c5)cc(-c5ccc6oc7ccccc7c6c5)c4)cc3c2c1. The smallest absolute Gasteiger partial charge is 0.135 e. The van der Waals surface area contributed by atoms with E-state index in [9.17, 15) is 10.5 Å². The fraction of sp³-hybridized carbons (Fsp3) is 0. The third-order valence-electron chi connectivity index (χ3n) is 9.13. The topological polar surface area (TPSA) is 73.9 Å². The highest BCUT2D eigenvalue weighted by Gasteiger charge is 2.14. The van der Waals surface area contributed by atoms with Gasteiger partial charge in [-0.25, -0.2) is 0 Å². The van der Waals surface area contributed by atoms with E-state index in [-0.39, 0.29) is 0 Å². The highest BCUT2D eigenvalue weighted by molar-refractivity contribution is 6.08. The van der Waals surface area contributed by atoms with E-state index in [1.54, 1.807) is 6.07 Å². The molecule has 0 aliphatic carbocycles. The summed E-state index contributed by atoms with van der Waals surface area (Å²) >= 11 is 0. The third kappa shape index (κ3) is 4.52. The first-order chi connectivity index (χ1) is 23.6. The lowest BCUT2D eigenvalue weighted by Gasteiger charge is -2.13. The number of rotatable bonds is 4. The molecule has 4 heteroatoms. The lowest BCUT2D eigenvalue weighted by molar-refractivity contribution is 0.668. The van der Waals surface area contributed by atoms with Crippen molar-refractivity contribution in [3.8, 4) is 56.6 Å². The predicted molar refractivity (Wildman–Crippen MR) is 192 cm³/mol. The molecule has 0 aliphatic heterocycles. The van der Waals surface area contributed by atoms with E-state index in [1.807, 2.05) is 72.8 Å². The molecule has 0 saturated carbocycles. The van der Waals surface area contributed by atoms with Crippen LogP contribution in [-0.2, 0) is 0 Å². The molecule has 0 bridgehead atoms. The molecule has 2 aromatic heterocycles. The maximum atomic E-state index is 9.79. The molecule has 48 heavy (non-hydrogen) atoms. The van der Waals surface area contributed by atoms with Gasteiger partial charge in [-0.1, -0.05) is 66.7 Å². The van der Waals surface area contributed by atoms with Crippen molar-refractivity contribution >= 4 is 43.9 Å². The molecular weight excluding hydrogens is 588 g/mol. The zero-order chi connectivity index (χ0) is 32.2. The van der Waals surface area contributed by atoms with Gasteiger partial charge < -0.3 is 8.83 Å². The quantitative estimate of drug-likeness (QED) is 0.198. The third-order valence-corrected chi connectivity index (χ3v) is 9.13. The van der Waals surface area contributed by atoms with Crippen LogP contribution in [0.25, 0.3) is 88.4 Å². The van der Waals surface area contributed by atoms with Crippen LogP contribution in [0, 0.1) is 22.7 Å². The Balaban J connectivity index is 1.26. The summed E-state index contributed by atoms with van der Waals surface area (Å²) < 4.78 is 12.3. The summed E-state index contributed by atoms with van der Waals surface area (Å²) in [4.78, 5) is 0. The van der Waals surface area contributed by atoms with Crippen LogP contribution in [0.15, 0.2) is 154 Å². The van der Waals surface area contributed by atoms with Crippen LogP contribution in [0.5, 0.6) is 0 Å². The zero-order valence-electron chi connectivity index (χ0n) is 25.6. The van der Waals surface area contributed by atoms with Crippen LogP contribution in [0.2, 0.25) is 0 Å². The minimum atomic E-state index is 0.597. The van der Waals surface area contributed by atoms with E-state index >= 15 is 0 Å². The van der Waals surface area contributed by atoms with Crippen LogP contribution in [0.1, 0.15) is 11.1 Å². The van der Waals surface area contributed by atoms with Crippen molar-refractivity contribution in [1.29, 1.82) is 10.5 Å². The number of fused-ring (bicyclic) bond motifs is 6. The fourth-order valence-electron chi connectivity index (χ4n) is 6.76. The Morgan fingerprint density at radius 2 is 0.875 bits per heavy atom. The molecule has 0 unspecified atom stereocenters. The first-order valence-corrected chi connectivity index (χ1v) is 15.7. The maximum Gasteiger partial charge on any atom is 0.135 e. The standard InChI is InChI=1S/C44H24N2O2/c45-25-27-12-15-42-38(18-27)40-24-30(14-17-44(40)48-42)35-21-33(28-7-5-8-31(19-28)36-9-2-1-6-32(36)26-46)20-34(22-35)29-13-16-43-39(23-29)37-10-3-4-11-41(37)47-43/h1-24H. The van der Waals surface area contributed by atoms with Gasteiger partial charge in [0.05, 0.1) is 23.3 Å². The molecular formula is C44H24N2O2. The van der Waals surface area contributed by atoms with Crippen molar-refractivity contribution in [2.75, 3.05) is 0 Å². The first-order valence-electron chi connectivity index (χ1n) is 15.7. The minimum absolute atomic E-state index is 0.597. The maximum absolute atomic E-state index is 9.79. The average Bonchev–Trinajstić information content (AvgIpc) is 3.71. The van der Waals surface area contributed by atoms with Gasteiger partial charge in [-0.05, 0) is 123 Å². The number of nitrogens with zero attached hydrogens (tertiary/aromatic N) is 2. The monoisotopic (exact) mass is 612 g/mol. The molecule has 0 N–H and O–H groups in total. The van der Waals surface area contributed by atoms with Gasteiger partial charge in [0.2, 0.25) is 0 Å². The number of hydrogen-bond acceptors (Lipinski definition) is 4. The lowest BCUT2D eigenvalue weighted by atomic mass is 9.91. The summed E-state index contributed by atoms with van der Waals surface area (Å²) in [5.74, 6) is 0. The van der Waals surface area contributed by atoms with E-state index < -0.39 is 0 Å². The van der Waals surface area contributed by atoms with E-state index in [0.29, 0.717) is 11.1 Å². The Morgan fingerprint density at radius 3 is 1.56 bits per heavy atom. The second kappa shape index (κ2) is 10.9. The van der Waals surface area contributed by atoms with Crippen molar-refractivity contribution in [3.05, 3.63) is 157 Å². The Hall–Kier alpha value is -6.88. The average molecular weight is 613 g/mol. The zero-order valence-corrected chi connectivity index (χ0v) is 25.6. The van der Waals surface area contributed by atoms with Crippen LogP contribution < -0.4 is 0 Å². The Labute approximate surface area is 275 Å². The van der Waals surface area contributed by atoms with Crippen molar-refractivity contribution in [2.24, 2.45) is 0 Å². The van der Waals surface area contributed by atoms with Crippen LogP contribution in [-0.4, -0.2) is 0 Å². The summed E-state index contributed by atoms with van der Waals surface area (Å²) in [5.41, 5.74) is 12.7. The molecule has 2 heterocycles. The summed E-state index contributed by atoms with van der Waals surface area (Å²) in [6.07, 6.45) is 0. The molecule has 0 radical (unpaired) electrons. The lowest BCUT2D eigenvalue weighted by Crippen LogP contribution is -1.88. The van der Waals surface area contributed by atoms with Gasteiger partial charge in [-0.3, -0.25) is 0 Å². The largest absolute Gasteiger partial charge is 0.456 e. The molecule has 4 nitrogen and oxygen atoms in total. The highest BCUT2D eigenvalue weighted by atomic mass is 16.3. The van der Waals surface area contributed by atoms with Crippen molar-refractivity contribution in [3.63, 3.8) is 0 Å². The Kier molecular flexibility index (Phi) is 6.22. The van der Waals surface area contributed by atoms with Crippen molar-refractivity contribution in [2.45, 2.75) is 0 Å². The number of para-hydroxylation sites is 1. The van der Waals surface area contributed by atoms with E-state index in [0.717, 1.165) is 88.4 Å². The molecule has 222 valence electrons. The molecule has 7 aromatic carbocycles. The summed E-state index contributed by atoms with van der Waals surface area (Å²) in [5, 5.41) is 23.4. The van der Waals surface area contributed by atoms with Gasteiger partial charge in [-0.2, -0.15) is 10.5 Å². The first kappa shape index (κ1) is 27.4. The van der Waals surface area contributed by atoms with Crippen molar-refractivity contribution in [1.82, 2.24) is 0 Å². The van der Waals surface area contributed by atoms with Gasteiger partial charge in [0.25, 0.3) is 0 Å². The van der Waals surface area contributed by atoms with E-state index in [4.69, 9.17) is 8.83 Å². The summed E-state index contributed by atoms with van der Waals surface area (Å²) in [6, 6.07) is 53.6. The second-order valence-electron chi connectivity index (χ2n) is 12.0. The van der Waals surface area contributed by atoms with Gasteiger partial charge >= 0.3 is 0 Å². The van der Waals surface area contributed by atoms with E-state index in [2.05, 4.69) is 78.9 Å². The number of benzene rings is 7. The molecule has 0 amide bonds. The number of nitriles is 2. The fourth-order valence-corrected chi connectivity index (χ4v) is 6.76. The second-order valence-corrected chi connectivity index (χ2v) is 12.0. The molecule has 0 atom stereocenters. The van der Waals surface area contributed by atoms with Crippen molar-refractivity contribution < 1.29 is 8.83 Å². The summed E-state index contributed by atoms with van der Waals surface area (Å²) in [6.45, 7) is 0. The Bertz CT molecular complexity index is 2820. The molecule has 9 rings (SSSR count). The van der Waals surface area contributed by atoms with Crippen LogP contribution in [0.3, 0.4) is 0 Å². The van der Waals surface area contributed by atoms with Crippen LogP contribution >= 0.6 is 0 Å². The molecule has 0 aliphatic rings. The molecule has 9 aromatic rings. The summed E-state index contributed by atoms with van der Waals surface area (Å²) in [7, 11) is 0. The van der Waals surface area contributed by atoms with Gasteiger partial charge in [0.15, 0.2) is 0 Å². The normalized spacial score (nSPS) is 11.3. The Morgan fingerprint density at radius 1 is 0.354 bits per heavy atom. The predicted octanol–water partition coefficient (Wildman–Crippen LogP) is 11.9. The number of hydrogen-bond donors (Lipinski definition) is 0. The van der Waals surface area contributed by atoms with E-state index in [1.165, 1.54) is 0 Å².